The van der Waals surface area contributed by atoms with Crippen molar-refractivity contribution in [2.75, 3.05) is 0 Å². The highest BCUT2D eigenvalue weighted by molar-refractivity contribution is 6.36. The molecule has 2 aromatic rings. The zero-order valence-corrected chi connectivity index (χ0v) is 11.2. The fourth-order valence-corrected chi connectivity index (χ4v) is 1.93. The topological polar surface area (TPSA) is 45.0 Å². The lowest BCUT2D eigenvalue weighted by Gasteiger charge is -2.01. The second kappa shape index (κ2) is 5.57. The zero-order valence-electron chi connectivity index (χ0n) is 8.94. The van der Waals surface area contributed by atoms with E-state index in [2.05, 4.69) is 10.2 Å². The molecule has 1 N–H and O–H groups in total. The first kappa shape index (κ1) is 13.1. The van der Waals surface area contributed by atoms with E-state index in [1.165, 1.54) is 12.1 Å². The summed E-state index contributed by atoms with van der Waals surface area (Å²) in [6.07, 6.45) is 0. The molecular weight excluding hydrogens is 295 g/mol. The minimum absolute atomic E-state index is 0.121. The van der Waals surface area contributed by atoms with Crippen LogP contribution in [0.1, 0.15) is 0 Å². The summed E-state index contributed by atoms with van der Waals surface area (Å²) in [7, 11) is 0. The molecule has 18 heavy (non-hydrogen) atoms. The molecule has 2 rings (SSSR count). The van der Waals surface area contributed by atoms with Crippen molar-refractivity contribution in [2.24, 2.45) is 10.2 Å². The van der Waals surface area contributed by atoms with Crippen molar-refractivity contribution in [1.82, 2.24) is 0 Å². The Balaban J connectivity index is 2.38. The van der Waals surface area contributed by atoms with Crippen molar-refractivity contribution in [3.05, 3.63) is 51.5 Å². The molecule has 6 heteroatoms. The van der Waals surface area contributed by atoms with Gasteiger partial charge in [0.2, 0.25) is 0 Å². The first-order valence-electron chi connectivity index (χ1n) is 4.92. The molecule has 0 aromatic heterocycles. The maximum absolute atomic E-state index is 9.69. The third kappa shape index (κ3) is 2.93. The predicted octanol–water partition coefficient (Wildman–Crippen LogP) is 5.77. The van der Waals surface area contributed by atoms with Gasteiger partial charge in [-0.15, -0.1) is 10.2 Å². The summed E-state index contributed by atoms with van der Waals surface area (Å²) in [5.41, 5.74) is 0.682. The molecule has 0 spiro atoms. The predicted molar refractivity (Wildman–Crippen MR) is 73.8 cm³/mol. The van der Waals surface area contributed by atoms with Gasteiger partial charge in [-0.25, -0.2) is 0 Å². The number of rotatable bonds is 2. The number of halogens is 3. The van der Waals surface area contributed by atoms with Gasteiger partial charge in [-0.2, -0.15) is 0 Å². The number of benzene rings is 2. The van der Waals surface area contributed by atoms with E-state index >= 15 is 0 Å². The molecule has 0 aliphatic heterocycles. The van der Waals surface area contributed by atoms with Gasteiger partial charge in [0, 0.05) is 5.02 Å². The van der Waals surface area contributed by atoms with Gasteiger partial charge < -0.3 is 5.11 Å². The van der Waals surface area contributed by atoms with Crippen LogP contribution in [0.2, 0.25) is 15.1 Å². The van der Waals surface area contributed by atoms with E-state index in [0.717, 1.165) is 0 Å². The van der Waals surface area contributed by atoms with Crippen LogP contribution in [0.15, 0.2) is 46.6 Å². The van der Waals surface area contributed by atoms with Crippen molar-refractivity contribution in [2.45, 2.75) is 0 Å². The van der Waals surface area contributed by atoms with Crippen LogP contribution in [0.3, 0.4) is 0 Å². The summed E-state index contributed by atoms with van der Waals surface area (Å²) in [4.78, 5) is 0. The summed E-state index contributed by atoms with van der Waals surface area (Å²) in [6.45, 7) is 0. The number of hydrogen-bond donors (Lipinski definition) is 1. The van der Waals surface area contributed by atoms with Crippen LogP contribution in [0.25, 0.3) is 0 Å². The highest BCUT2D eigenvalue weighted by Gasteiger charge is 2.07. The van der Waals surface area contributed by atoms with E-state index in [0.29, 0.717) is 15.7 Å². The first-order valence-corrected chi connectivity index (χ1v) is 6.05. The summed E-state index contributed by atoms with van der Waals surface area (Å²) in [5.74, 6) is -0.170. The fraction of sp³-hybridized carbons (Fsp3) is 0. The SMILES string of the molecule is Oc1c(Cl)cc(Cl)cc1N=Nc1ccccc1Cl. The molecule has 2 aromatic carbocycles. The van der Waals surface area contributed by atoms with Crippen LogP contribution in [0.5, 0.6) is 5.75 Å². The molecule has 0 atom stereocenters. The Morgan fingerprint density at radius 3 is 2.22 bits per heavy atom. The Hall–Kier alpha value is -1.29. The monoisotopic (exact) mass is 300 g/mol. The number of phenols is 1. The smallest absolute Gasteiger partial charge is 0.161 e. The summed E-state index contributed by atoms with van der Waals surface area (Å²) in [6, 6.07) is 9.85. The molecule has 0 saturated heterocycles. The first-order chi connectivity index (χ1) is 8.58. The van der Waals surface area contributed by atoms with Crippen LogP contribution in [-0.4, -0.2) is 5.11 Å². The van der Waals surface area contributed by atoms with Crippen molar-refractivity contribution < 1.29 is 5.11 Å². The zero-order chi connectivity index (χ0) is 13.1. The number of hydrogen-bond acceptors (Lipinski definition) is 3. The Morgan fingerprint density at radius 1 is 0.833 bits per heavy atom. The number of nitrogens with zero attached hydrogens (tertiary/aromatic N) is 2. The lowest BCUT2D eigenvalue weighted by molar-refractivity contribution is 0.476. The Morgan fingerprint density at radius 2 is 1.50 bits per heavy atom. The highest BCUT2D eigenvalue weighted by atomic mass is 35.5. The van der Waals surface area contributed by atoms with Gasteiger partial charge in [-0.05, 0) is 24.3 Å². The second-order valence-corrected chi connectivity index (χ2v) is 4.66. The highest BCUT2D eigenvalue weighted by Crippen LogP contribution is 2.38. The van der Waals surface area contributed by atoms with E-state index in [-0.39, 0.29) is 16.5 Å². The average molecular weight is 302 g/mol. The van der Waals surface area contributed by atoms with Crippen LogP contribution < -0.4 is 0 Å². The summed E-state index contributed by atoms with van der Waals surface area (Å²) < 4.78 is 0. The molecular formula is C12H7Cl3N2O. The van der Waals surface area contributed by atoms with E-state index in [1.54, 1.807) is 24.3 Å². The van der Waals surface area contributed by atoms with Crippen LogP contribution in [0, 0.1) is 0 Å². The maximum Gasteiger partial charge on any atom is 0.161 e. The van der Waals surface area contributed by atoms with Crippen molar-refractivity contribution in [3.63, 3.8) is 0 Å². The standard InChI is InChI=1S/C12H7Cl3N2O/c13-7-5-9(15)12(18)11(6-7)17-16-10-4-2-1-3-8(10)14/h1-6,18H. The molecule has 0 fully saturated rings. The quantitative estimate of drug-likeness (QED) is 0.703. The number of phenolic OH excluding ortho intramolecular Hbond substituents is 1. The van der Waals surface area contributed by atoms with Gasteiger partial charge in [-0.3, -0.25) is 0 Å². The van der Waals surface area contributed by atoms with Crippen molar-refractivity contribution in [3.8, 4) is 5.75 Å². The van der Waals surface area contributed by atoms with Crippen molar-refractivity contribution >= 4 is 46.2 Å². The lowest BCUT2D eigenvalue weighted by atomic mass is 10.3. The Kier molecular flexibility index (Phi) is 4.07. The van der Waals surface area contributed by atoms with Crippen molar-refractivity contribution in [1.29, 1.82) is 0 Å². The number of aromatic hydroxyl groups is 1. The third-order valence-electron chi connectivity index (χ3n) is 2.13. The van der Waals surface area contributed by atoms with Gasteiger partial charge in [-0.1, -0.05) is 46.9 Å². The largest absolute Gasteiger partial charge is 0.504 e. The summed E-state index contributed by atoms with van der Waals surface area (Å²) in [5, 5.41) is 18.5. The maximum atomic E-state index is 9.69. The van der Waals surface area contributed by atoms with E-state index in [4.69, 9.17) is 34.8 Å². The Bertz CT molecular complexity index is 614. The summed E-state index contributed by atoms with van der Waals surface area (Å²) >= 11 is 17.5. The van der Waals surface area contributed by atoms with Gasteiger partial charge in [0.25, 0.3) is 0 Å². The molecule has 0 saturated carbocycles. The minimum Gasteiger partial charge on any atom is -0.504 e. The fourth-order valence-electron chi connectivity index (χ4n) is 1.27. The molecule has 0 unspecified atom stereocenters. The van der Waals surface area contributed by atoms with Crippen LogP contribution in [0.4, 0.5) is 11.4 Å². The normalized spacial score (nSPS) is 11.1. The molecule has 3 nitrogen and oxygen atoms in total. The lowest BCUT2D eigenvalue weighted by Crippen LogP contribution is -1.72. The van der Waals surface area contributed by atoms with E-state index < -0.39 is 0 Å². The molecule has 0 aliphatic rings. The molecule has 92 valence electrons. The minimum atomic E-state index is -0.170. The van der Waals surface area contributed by atoms with Crippen LogP contribution in [-0.2, 0) is 0 Å². The molecule has 0 bridgehead atoms. The molecule has 0 radical (unpaired) electrons. The number of azo groups is 1. The van der Waals surface area contributed by atoms with Gasteiger partial charge in [0.05, 0.1) is 10.0 Å². The second-order valence-electron chi connectivity index (χ2n) is 3.41. The molecule has 0 aliphatic carbocycles. The van der Waals surface area contributed by atoms with Gasteiger partial charge >= 0.3 is 0 Å². The van der Waals surface area contributed by atoms with Gasteiger partial charge in [0.15, 0.2) is 5.75 Å². The van der Waals surface area contributed by atoms with Gasteiger partial charge in [0.1, 0.15) is 11.4 Å². The van der Waals surface area contributed by atoms with Crippen LogP contribution >= 0.6 is 34.8 Å². The average Bonchev–Trinajstić information content (AvgIpc) is 2.33. The van der Waals surface area contributed by atoms with E-state index in [9.17, 15) is 5.11 Å². The molecule has 0 heterocycles. The molecule has 0 amide bonds. The third-order valence-corrected chi connectivity index (χ3v) is 2.95. The Labute approximate surface area is 119 Å². The van der Waals surface area contributed by atoms with E-state index in [1.807, 2.05) is 0 Å².